The van der Waals surface area contributed by atoms with Crippen molar-refractivity contribution in [3.63, 3.8) is 0 Å². The zero-order valence-corrected chi connectivity index (χ0v) is 15.2. The van der Waals surface area contributed by atoms with Crippen molar-refractivity contribution in [2.45, 2.75) is 18.8 Å². The van der Waals surface area contributed by atoms with Gasteiger partial charge in [-0.1, -0.05) is 23.5 Å². The second-order valence-corrected chi connectivity index (χ2v) is 6.79. The molecule has 27 heavy (non-hydrogen) atoms. The summed E-state index contributed by atoms with van der Waals surface area (Å²) >= 11 is 1.00. The number of hydrogen-bond acceptors (Lipinski definition) is 6. The highest BCUT2D eigenvalue weighted by molar-refractivity contribution is 7.22. The number of benzene rings is 1. The second-order valence-electron chi connectivity index (χ2n) is 5.76. The van der Waals surface area contributed by atoms with E-state index in [1.165, 1.54) is 12.3 Å². The van der Waals surface area contributed by atoms with Crippen LogP contribution in [0, 0.1) is 6.92 Å². The Morgan fingerprint density at radius 2 is 1.96 bits per heavy atom. The molecule has 10 heteroatoms. The standard InChI is InChI=1S/C17H15F3N4O2S/c1-10-7-8-21-13(9-10)23-16(14(25)26-2,17(18,19)20)24-15-22-11-5-3-4-6-12(11)27-15/h3-9H,1-2H3,(H,21,23)(H,22,24)/p+1/t16-/m1/s1. The first-order chi connectivity index (χ1) is 12.7. The number of hydrogen-bond donors (Lipinski definition) is 2. The number of anilines is 2. The molecule has 6 nitrogen and oxygen atoms in total. The van der Waals surface area contributed by atoms with Crippen LogP contribution in [-0.4, -0.2) is 29.9 Å². The molecule has 0 aliphatic rings. The minimum absolute atomic E-state index is 0.00802. The molecule has 0 spiro atoms. The molecule has 0 fully saturated rings. The Morgan fingerprint density at radius 3 is 2.59 bits per heavy atom. The fraction of sp³-hybridized carbons (Fsp3) is 0.235. The number of H-pyrrole nitrogens is 1. The molecule has 3 N–H and O–H groups in total. The number of nitrogens with one attached hydrogen (secondary N) is 3. The molecule has 1 atom stereocenters. The third kappa shape index (κ3) is 3.65. The lowest BCUT2D eigenvalue weighted by Crippen LogP contribution is -2.64. The number of pyridine rings is 1. The number of fused-ring (bicyclic) bond motifs is 1. The van der Waals surface area contributed by atoms with E-state index in [1.807, 2.05) is 0 Å². The first kappa shape index (κ1) is 18.9. The highest BCUT2D eigenvalue weighted by atomic mass is 32.1. The van der Waals surface area contributed by atoms with Gasteiger partial charge in [0, 0.05) is 6.07 Å². The van der Waals surface area contributed by atoms with Crippen LogP contribution in [0.4, 0.5) is 24.1 Å². The third-order valence-corrected chi connectivity index (χ3v) is 4.74. The molecular weight excluding hydrogens is 381 g/mol. The van der Waals surface area contributed by atoms with E-state index in [-0.39, 0.29) is 10.9 Å². The van der Waals surface area contributed by atoms with Crippen LogP contribution in [0.25, 0.3) is 10.2 Å². The van der Waals surface area contributed by atoms with Gasteiger partial charge in [0.25, 0.3) is 5.82 Å². The van der Waals surface area contributed by atoms with Gasteiger partial charge in [0.1, 0.15) is 0 Å². The zero-order valence-electron chi connectivity index (χ0n) is 14.3. The molecule has 0 unspecified atom stereocenters. The van der Waals surface area contributed by atoms with Gasteiger partial charge in [-0.25, -0.2) is 20.1 Å². The highest BCUT2D eigenvalue weighted by Crippen LogP contribution is 2.37. The summed E-state index contributed by atoms with van der Waals surface area (Å²) in [5.74, 6) is -1.55. The Bertz CT molecular complexity index is 943. The maximum atomic E-state index is 14.1. The lowest BCUT2D eigenvalue weighted by Gasteiger charge is -2.30. The largest absolute Gasteiger partial charge is 0.464 e. The number of nitrogens with zero attached hydrogens (tertiary/aromatic N) is 1. The average Bonchev–Trinajstić information content (AvgIpc) is 3.01. The fourth-order valence-electron chi connectivity index (χ4n) is 2.48. The molecule has 2 heterocycles. The Labute approximate surface area is 156 Å². The highest BCUT2D eigenvalue weighted by Gasteiger charge is 2.67. The Kier molecular flexibility index (Phi) is 4.92. The molecule has 0 saturated heterocycles. The van der Waals surface area contributed by atoms with Crippen LogP contribution >= 0.6 is 11.3 Å². The SMILES string of the molecule is COC(=O)[C@@](Nc1cc(C)cc[nH+]1)(Nc1nc2ccccc2s1)C(F)(F)F. The summed E-state index contributed by atoms with van der Waals surface area (Å²) in [6, 6.07) is 10.0. The molecule has 0 aliphatic carbocycles. The Morgan fingerprint density at radius 1 is 1.22 bits per heavy atom. The summed E-state index contributed by atoms with van der Waals surface area (Å²) in [5, 5.41) is 4.36. The van der Waals surface area contributed by atoms with Crippen molar-refractivity contribution in [2.24, 2.45) is 0 Å². The molecular formula is C17H16F3N4O2S+. The first-order valence-corrected chi connectivity index (χ1v) is 8.62. The molecule has 0 bridgehead atoms. The van der Waals surface area contributed by atoms with E-state index in [0.29, 0.717) is 15.8 Å². The van der Waals surface area contributed by atoms with Gasteiger partial charge in [0.2, 0.25) is 0 Å². The van der Waals surface area contributed by atoms with Crippen LogP contribution < -0.4 is 15.6 Å². The van der Waals surface area contributed by atoms with Crippen LogP contribution in [-0.2, 0) is 9.53 Å². The summed E-state index contributed by atoms with van der Waals surface area (Å²) in [6.45, 7) is 1.72. The molecule has 3 aromatic rings. The number of aryl methyl sites for hydroxylation is 1. The predicted molar refractivity (Wildman–Crippen MR) is 95.4 cm³/mol. The number of carbonyl (C=O) groups excluding carboxylic acids is 1. The van der Waals surface area contributed by atoms with Gasteiger partial charge < -0.3 is 10.1 Å². The minimum Gasteiger partial charge on any atom is -0.464 e. The first-order valence-electron chi connectivity index (χ1n) is 7.80. The van der Waals surface area contributed by atoms with Gasteiger partial charge in [-0.15, -0.1) is 0 Å². The van der Waals surface area contributed by atoms with Crippen LogP contribution in [0.1, 0.15) is 5.56 Å². The molecule has 142 valence electrons. The molecule has 0 aliphatic heterocycles. The van der Waals surface area contributed by atoms with Crippen molar-refractivity contribution in [3.8, 4) is 0 Å². The van der Waals surface area contributed by atoms with Crippen molar-refractivity contribution in [2.75, 3.05) is 17.7 Å². The van der Waals surface area contributed by atoms with E-state index in [4.69, 9.17) is 0 Å². The summed E-state index contributed by atoms with van der Waals surface area (Å²) in [7, 11) is 0.893. The lowest BCUT2D eigenvalue weighted by atomic mass is 10.1. The topological polar surface area (TPSA) is 77.4 Å². The maximum absolute atomic E-state index is 14.1. The average molecular weight is 397 g/mol. The van der Waals surface area contributed by atoms with Crippen molar-refractivity contribution >= 4 is 38.5 Å². The Balaban J connectivity index is 2.08. The fourth-order valence-corrected chi connectivity index (χ4v) is 3.41. The number of thiazole rings is 1. The Hall–Kier alpha value is -2.88. The van der Waals surface area contributed by atoms with E-state index in [0.717, 1.165) is 18.4 Å². The molecule has 2 aromatic heterocycles. The lowest BCUT2D eigenvalue weighted by molar-refractivity contribution is -0.362. The number of methoxy groups -OCH3 is 1. The monoisotopic (exact) mass is 397 g/mol. The zero-order chi connectivity index (χ0) is 19.7. The van der Waals surface area contributed by atoms with Gasteiger partial charge in [0.15, 0.2) is 5.13 Å². The number of carbonyl (C=O) groups is 1. The summed E-state index contributed by atoms with van der Waals surface area (Å²) in [6.07, 6.45) is -3.57. The van der Waals surface area contributed by atoms with E-state index < -0.39 is 17.8 Å². The summed E-state index contributed by atoms with van der Waals surface area (Å²) in [5.41, 5.74) is -2.00. The molecule has 0 saturated carbocycles. The molecule has 0 amide bonds. The quantitative estimate of drug-likeness (QED) is 0.510. The van der Waals surface area contributed by atoms with Crippen molar-refractivity contribution in [1.29, 1.82) is 0 Å². The number of rotatable bonds is 5. The van der Waals surface area contributed by atoms with Crippen LogP contribution in [0.5, 0.6) is 0 Å². The van der Waals surface area contributed by atoms with Crippen molar-refractivity contribution in [3.05, 3.63) is 48.2 Å². The number of halogens is 3. The van der Waals surface area contributed by atoms with Crippen LogP contribution in [0.15, 0.2) is 42.6 Å². The van der Waals surface area contributed by atoms with Gasteiger partial charge in [-0.2, -0.15) is 13.2 Å². The number of para-hydroxylation sites is 1. The smallest absolute Gasteiger partial charge is 0.464 e. The molecule has 3 rings (SSSR count). The molecule has 1 aromatic carbocycles. The predicted octanol–water partition coefficient (Wildman–Crippen LogP) is 3.37. The van der Waals surface area contributed by atoms with Crippen molar-refractivity contribution < 1.29 is 27.7 Å². The third-order valence-electron chi connectivity index (χ3n) is 3.78. The summed E-state index contributed by atoms with van der Waals surface area (Å²) in [4.78, 5) is 19.1. The van der Waals surface area contributed by atoms with E-state index >= 15 is 0 Å². The van der Waals surface area contributed by atoms with E-state index in [9.17, 15) is 18.0 Å². The van der Waals surface area contributed by atoms with Crippen molar-refractivity contribution in [1.82, 2.24) is 4.98 Å². The number of ether oxygens (including phenoxy) is 1. The number of esters is 1. The maximum Gasteiger partial charge on any atom is 0.464 e. The van der Waals surface area contributed by atoms with Crippen LogP contribution in [0.3, 0.4) is 0 Å². The van der Waals surface area contributed by atoms with Gasteiger partial charge in [0.05, 0.1) is 23.5 Å². The van der Waals surface area contributed by atoms with E-state index in [1.54, 1.807) is 37.3 Å². The summed E-state index contributed by atoms with van der Waals surface area (Å²) < 4.78 is 47.4. The van der Waals surface area contributed by atoms with E-state index in [2.05, 4.69) is 25.3 Å². The second kappa shape index (κ2) is 7.03. The number of alkyl halides is 3. The van der Waals surface area contributed by atoms with Gasteiger partial charge >= 0.3 is 17.8 Å². The minimum atomic E-state index is -5.03. The van der Waals surface area contributed by atoms with Gasteiger partial charge in [-0.3, -0.25) is 0 Å². The number of aromatic amines is 1. The van der Waals surface area contributed by atoms with Crippen LogP contribution in [0.2, 0.25) is 0 Å². The molecule has 0 radical (unpaired) electrons. The normalized spacial score (nSPS) is 13.8. The van der Waals surface area contributed by atoms with Gasteiger partial charge in [-0.05, 0) is 30.7 Å². The number of aromatic nitrogens is 2.